The molecule has 1 atom stereocenters. The maximum Gasteiger partial charge on any atom is 0.262 e. The quantitative estimate of drug-likeness (QED) is 0.338. The molecule has 4 heterocycles. The van der Waals surface area contributed by atoms with Crippen molar-refractivity contribution in [3.05, 3.63) is 83.1 Å². The smallest absolute Gasteiger partial charge is 0.262 e. The number of anilines is 2. The van der Waals surface area contributed by atoms with Gasteiger partial charge in [0.15, 0.2) is 10.2 Å². The summed E-state index contributed by atoms with van der Waals surface area (Å²) in [7, 11) is -2.04. The summed E-state index contributed by atoms with van der Waals surface area (Å²) < 4.78 is 48.1. The van der Waals surface area contributed by atoms with Crippen molar-refractivity contribution < 1.29 is 22.3 Å². The zero-order chi connectivity index (χ0) is 26.7. The van der Waals surface area contributed by atoms with E-state index >= 15 is 0 Å². The molecular weight excluding hydrogens is 533 g/mol. The fourth-order valence-electron chi connectivity index (χ4n) is 3.83. The minimum absolute atomic E-state index is 0.00396. The minimum Gasteiger partial charge on any atom is -0.369 e. The van der Waals surface area contributed by atoms with E-state index in [0.717, 1.165) is 4.88 Å². The van der Waals surface area contributed by atoms with Crippen LogP contribution in [0.4, 0.5) is 15.3 Å². The Hall–Kier alpha value is -3.72. The van der Waals surface area contributed by atoms with Crippen LogP contribution < -0.4 is 10.6 Å². The Labute approximate surface area is 222 Å². The molecule has 4 aromatic rings. The number of imidazole rings is 1. The maximum atomic E-state index is 13.3. The number of ether oxygens (including phenoxy) is 1. The Balaban J connectivity index is 1.21. The molecule has 38 heavy (non-hydrogen) atoms. The summed E-state index contributed by atoms with van der Waals surface area (Å²) in [4.78, 5) is 26.0. The molecule has 14 heteroatoms. The van der Waals surface area contributed by atoms with Crippen LogP contribution in [-0.2, 0) is 28.4 Å². The first-order valence-corrected chi connectivity index (χ1v) is 13.9. The average molecular weight is 558 g/mol. The van der Waals surface area contributed by atoms with Gasteiger partial charge in [0.2, 0.25) is 0 Å². The number of nitrogens with zero attached hydrogens (tertiary/aromatic N) is 5. The first-order chi connectivity index (χ1) is 18.3. The zero-order valence-corrected chi connectivity index (χ0v) is 21.9. The fourth-order valence-corrected chi connectivity index (χ4v) is 5.98. The number of sulfonamides is 1. The van der Waals surface area contributed by atoms with Crippen molar-refractivity contribution in [2.45, 2.75) is 17.7 Å². The summed E-state index contributed by atoms with van der Waals surface area (Å²) >= 11 is 1.33. The molecule has 1 aliphatic heterocycles. The number of morpholine rings is 1. The van der Waals surface area contributed by atoms with Gasteiger partial charge in [-0.1, -0.05) is 23.5 Å². The summed E-state index contributed by atoms with van der Waals surface area (Å²) in [5.74, 6) is -0.341. The van der Waals surface area contributed by atoms with Crippen molar-refractivity contribution in [2.75, 3.05) is 25.0 Å². The molecule has 1 unspecified atom stereocenters. The molecular formula is C24H24FN7O4S2. The third-order valence-corrected chi connectivity index (χ3v) is 8.38. The predicted molar refractivity (Wildman–Crippen MR) is 138 cm³/mol. The molecule has 1 amide bonds. The number of aromatic nitrogens is 4. The number of thiazole rings is 1. The summed E-state index contributed by atoms with van der Waals surface area (Å²) in [6.07, 6.45) is 4.00. The van der Waals surface area contributed by atoms with E-state index in [9.17, 15) is 17.6 Å². The van der Waals surface area contributed by atoms with Gasteiger partial charge < -0.3 is 19.9 Å². The van der Waals surface area contributed by atoms with Crippen molar-refractivity contribution in [1.82, 2.24) is 29.1 Å². The van der Waals surface area contributed by atoms with Gasteiger partial charge in [-0.15, -0.1) is 0 Å². The van der Waals surface area contributed by atoms with Crippen molar-refractivity contribution in [2.24, 2.45) is 7.05 Å². The number of carbonyl (C=O) groups excluding carboxylic acids is 1. The molecule has 5 rings (SSSR count). The van der Waals surface area contributed by atoms with Crippen LogP contribution in [0.25, 0.3) is 0 Å². The number of carbonyl (C=O) groups is 1. The van der Waals surface area contributed by atoms with Crippen LogP contribution in [-0.4, -0.2) is 57.8 Å². The standard InChI is InChI=1S/C24H24FN7O4S2/c1-31-14-22(28-15-31)38(34,35)32-8-9-36-20(13-32)19-6-3-7-21(29-19)30-24-27-12-18(37-24)11-26-23(33)16-4-2-5-17(25)10-16/h2-7,10,12,14-15,20H,8-9,11,13H2,1H3,(H,26,33)(H,27,29,30). The molecule has 0 saturated carbocycles. The Bertz CT molecular complexity index is 1560. The second kappa shape index (κ2) is 10.9. The van der Waals surface area contributed by atoms with E-state index in [0.29, 0.717) is 16.6 Å². The number of pyridine rings is 1. The van der Waals surface area contributed by atoms with Gasteiger partial charge in [0, 0.05) is 43.0 Å². The summed E-state index contributed by atoms with van der Waals surface area (Å²) in [6, 6.07) is 10.8. The molecule has 0 spiro atoms. The highest BCUT2D eigenvalue weighted by Gasteiger charge is 2.33. The molecule has 198 valence electrons. The van der Waals surface area contributed by atoms with Gasteiger partial charge in [-0.3, -0.25) is 4.79 Å². The lowest BCUT2D eigenvalue weighted by Crippen LogP contribution is -2.42. The van der Waals surface area contributed by atoms with Crippen LogP contribution in [0.2, 0.25) is 0 Å². The van der Waals surface area contributed by atoms with Crippen LogP contribution in [0.15, 0.2) is 66.2 Å². The highest BCUT2D eigenvalue weighted by Crippen LogP contribution is 2.27. The number of aryl methyl sites for hydroxylation is 1. The van der Waals surface area contributed by atoms with Crippen molar-refractivity contribution >= 4 is 38.2 Å². The van der Waals surface area contributed by atoms with Gasteiger partial charge >= 0.3 is 0 Å². The lowest BCUT2D eigenvalue weighted by atomic mass is 10.2. The Morgan fingerprint density at radius 1 is 1.24 bits per heavy atom. The Kier molecular flexibility index (Phi) is 7.46. The second-order valence-electron chi connectivity index (χ2n) is 8.50. The Morgan fingerprint density at radius 2 is 2.08 bits per heavy atom. The molecule has 2 N–H and O–H groups in total. The van der Waals surface area contributed by atoms with Crippen LogP contribution in [0.1, 0.15) is 27.0 Å². The van der Waals surface area contributed by atoms with Crippen molar-refractivity contribution in [3.8, 4) is 0 Å². The lowest BCUT2D eigenvalue weighted by molar-refractivity contribution is -0.00492. The minimum atomic E-state index is -3.75. The molecule has 1 aromatic carbocycles. The number of rotatable bonds is 8. The highest BCUT2D eigenvalue weighted by atomic mass is 32.2. The van der Waals surface area contributed by atoms with Gasteiger partial charge in [-0.05, 0) is 30.3 Å². The summed E-state index contributed by atoms with van der Waals surface area (Å²) in [5, 5.41) is 6.44. The second-order valence-corrected chi connectivity index (χ2v) is 11.5. The summed E-state index contributed by atoms with van der Waals surface area (Å²) in [6.45, 7) is 0.804. The number of nitrogens with one attached hydrogen (secondary N) is 2. The van der Waals surface area contributed by atoms with Crippen LogP contribution in [0.3, 0.4) is 0 Å². The number of halogens is 1. The molecule has 1 aliphatic rings. The first kappa shape index (κ1) is 25.9. The Morgan fingerprint density at radius 3 is 2.87 bits per heavy atom. The molecule has 0 radical (unpaired) electrons. The van der Waals surface area contributed by atoms with Crippen LogP contribution in [0.5, 0.6) is 0 Å². The summed E-state index contributed by atoms with van der Waals surface area (Å²) in [5.41, 5.74) is 0.820. The maximum absolute atomic E-state index is 13.3. The normalized spacial score (nSPS) is 16.3. The third kappa shape index (κ3) is 5.88. The van der Waals surface area contributed by atoms with Gasteiger partial charge in [-0.2, -0.15) is 4.31 Å². The highest BCUT2D eigenvalue weighted by molar-refractivity contribution is 7.89. The van der Waals surface area contributed by atoms with E-state index < -0.39 is 21.9 Å². The largest absolute Gasteiger partial charge is 0.369 e. The van der Waals surface area contributed by atoms with Gasteiger partial charge in [0.05, 0.1) is 25.2 Å². The molecule has 1 fully saturated rings. The molecule has 1 saturated heterocycles. The van der Waals surface area contributed by atoms with Crippen molar-refractivity contribution in [1.29, 1.82) is 0 Å². The fraction of sp³-hybridized carbons (Fsp3) is 0.250. The van der Waals surface area contributed by atoms with E-state index in [-0.39, 0.29) is 42.7 Å². The average Bonchev–Trinajstić information content (AvgIpc) is 3.56. The first-order valence-electron chi connectivity index (χ1n) is 11.6. The van der Waals surface area contributed by atoms with E-state index in [4.69, 9.17) is 4.74 Å². The van der Waals surface area contributed by atoms with Crippen molar-refractivity contribution in [3.63, 3.8) is 0 Å². The number of hydrogen-bond donors (Lipinski definition) is 2. The molecule has 0 aliphatic carbocycles. The van der Waals surface area contributed by atoms with Crippen LogP contribution in [0, 0.1) is 5.82 Å². The third-order valence-electron chi connectivity index (χ3n) is 5.71. The van der Waals surface area contributed by atoms with Gasteiger partial charge in [-0.25, -0.2) is 27.8 Å². The van der Waals surface area contributed by atoms with E-state index in [1.54, 1.807) is 42.1 Å². The van der Waals surface area contributed by atoms with E-state index in [1.807, 2.05) is 0 Å². The number of amides is 1. The monoisotopic (exact) mass is 557 g/mol. The molecule has 3 aromatic heterocycles. The lowest BCUT2D eigenvalue weighted by Gasteiger charge is -2.31. The predicted octanol–water partition coefficient (Wildman–Crippen LogP) is 2.85. The zero-order valence-electron chi connectivity index (χ0n) is 20.2. The van der Waals surface area contributed by atoms with E-state index in [2.05, 4.69) is 25.6 Å². The van der Waals surface area contributed by atoms with Gasteiger partial charge in [0.25, 0.3) is 15.9 Å². The molecule has 0 bridgehead atoms. The van der Waals surface area contributed by atoms with Gasteiger partial charge in [0.1, 0.15) is 17.7 Å². The SMILES string of the molecule is Cn1cnc(S(=O)(=O)N2CCOC(c3cccc(Nc4ncc(CNC(=O)c5cccc(F)c5)s4)n3)C2)c1. The van der Waals surface area contributed by atoms with E-state index in [1.165, 1.54) is 46.4 Å². The van der Waals surface area contributed by atoms with Crippen LogP contribution >= 0.6 is 11.3 Å². The topological polar surface area (TPSA) is 131 Å². The number of benzene rings is 1. The molecule has 11 nitrogen and oxygen atoms in total. The number of hydrogen-bond acceptors (Lipinski definition) is 9.